The van der Waals surface area contributed by atoms with Gasteiger partial charge in [0, 0.05) is 44.4 Å². The van der Waals surface area contributed by atoms with Crippen LogP contribution in [-0.4, -0.2) is 40.1 Å². The molecule has 3 aromatic rings. The summed E-state index contributed by atoms with van der Waals surface area (Å²) in [4.78, 5) is 13.3. The number of nitrogens with zero attached hydrogens (tertiary/aromatic N) is 3. The molecule has 1 aliphatic carbocycles. The maximum atomic E-state index is 15.1. The van der Waals surface area contributed by atoms with Crippen molar-refractivity contribution in [1.29, 1.82) is 0 Å². The van der Waals surface area contributed by atoms with E-state index < -0.39 is 5.79 Å². The zero-order chi connectivity index (χ0) is 19.0. The summed E-state index contributed by atoms with van der Waals surface area (Å²) < 4.78 is 27.5. The molecule has 2 fully saturated rings. The number of alkyl halides is 1. The Morgan fingerprint density at radius 3 is 2.75 bits per heavy atom. The summed E-state index contributed by atoms with van der Waals surface area (Å²) in [7, 11) is 0. The Labute approximate surface area is 166 Å². The van der Waals surface area contributed by atoms with Crippen molar-refractivity contribution < 1.29 is 13.9 Å². The van der Waals surface area contributed by atoms with E-state index in [0.717, 1.165) is 42.0 Å². The first kappa shape index (κ1) is 17.8. The Bertz CT molecular complexity index is 937. The molecule has 2 aliphatic rings. The van der Waals surface area contributed by atoms with Crippen molar-refractivity contribution in [2.75, 3.05) is 18.5 Å². The zero-order valence-electron chi connectivity index (χ0n) is 15.3. The number of nitrogens with one attached hydrogen (secondary N) is 1. The molecule has 1 saturated heterocycles. The fourth-order valence-electron chi connectivity index (χ4n) is 3.80. The highest BCUT2D eigenvalue weighted by Gasteiger charge is 2.47. The summed E-state index contributed by atoms with van der Waals surface area (Å²) in [5, 5.41) is 3.55. The molecule has 1 saturated carbocycles. The van der Waals surface area contributed by atoms with E-state index in [2.05, 4.69) is 20.3 Å². The summed E-state index contributed by atoms with van der Waals surface area (Å²) in [5.74, 6) is -0.686. The number of rotatable bonds is 5. The van der Waals surface area contributed by atoms with Crippen molar-refractivity contribution in [3.05, 3.63) is 42.4 Å². The van der Waals surface area contributed by atoms with E-state index in [1.807, 2.05) is 24.3 Å². The minimum Gasteiger partial charge on any atom is -0.473 e. The second-order valence-electron chi connectivity index (χ2n) is 7.36. The Balaban J connectivity index is 1.23. The van der Waals surface area contributed by atoms with Crippen LogP contribution >= 0.6 is 11.3 Å². The zero-order valence-corrected chi connectivity index (χ0v) is 16.1. The van der Waals surface area contributed by atoms with Gasteiger partial charge in [0.15, 0.2) is 10.9 Å². The van der Waals surface area contributed by atoms with E-state index >= 15 is 4.39 Å². The van der Waals surface area contributed by atoms with E-state index in [9.17, 15) is 0 Å². The summed E-state index contributed by atoms with van der Waals surface area (Å²) in [6.45, 7) is 1.45. The molecule has 1 aromatic carbocycles. The molecule has 8 heteroatoms. The average molecular weight is 400 g/mol. The van der Waals surface area contributed by atoms with Crippen molar-refractivity contribution >= 4 is 26.7 Å². The molecule has 3 heterocycles. The summed E-state index contributed by atoms with van der Waals surface area (Å²) in [6.07, 6.45) is 5.42. The predicted octanol–water partition coefficient (Wildman–Crippen LogP) is 4.30. The van der Waals surface area contributed by atoms with Gasteiger partial charge in [0.2, 0.25) is 5.88 Å². The number of ether oxygens (including phenoxy) is 2. The van der Waals surface area contributed by atoms with Crippen molar-refractivity contribution in [3.63, 3.8) is 0 Å². The van der Waals surface area contributed by atoms with Gasteiger partial charge >= 0.3 is 0 Å². The molecule has 0 radical (unpaired) electrons. The smallest absolute Gasteiger partial charge is 0.236 e. The van der Waals surface area contributed by atoms with Crippen LogP contribution in [0.1, 0.15) is 37.3 Å². The number of fused-ring (bicyclic) bond motifs is 1. The number of hydrogen-bond donors (Lipinski definition) is 1. The molecule has 0 unspecified atom stereocenters. The summed E-state index contributed by atoms with van der Waals surface area (Å²) in [5.41, 5.74) is 1.74. The molecule has 6 nitrogen and oxygen atoms in total. The second-order valence-corrected chi connectivity index (χ2v) is 8.39. The Morgan fingerprint density at radius 2 is 1.93 bits per heavy atom. The van der Waals surface area contributed by atoms with Crippen LogP contribution in [0.15, 0.2) is 36.7 Å². The third-order valence-electron chi connectivity index (χ3n) is 5.30. The SMILES string of the molecule is FC1(Nc2nc3ccccc3s2)CC(Oc2nccnc2C2CCOCC2)C1. The third kappa shape index (κ3) is 3.54. The van der Waals surface area contributed by atoms with Gasteiger partial charge in [0.05, 0.1) is 10.2 Å². The van der Waals surface area contributed by atoms with Gasteiger partial charge in [-0.1, -0.05) is 23.5 Å². The number of anilines is 1. The number of thiazole rings is 1. The highest BCUT2D eigenvalue weighted by molar-refractivity contribution is 7.22. The molecule has 146 valence electrons. The van der Waals surface area contributed by atoms with E-state index in [0.29, 0.717) is 11.0 Å². The van der Waals surface area contributed by atoms with Crippen LogP contribution in [0, 0.1) is 0 Å². The van der Waals surface area contributed by atoms with E-state index in [-0.39, 0.29) is 24.9 Å². The van der Waals surface area contributed by atoms with Gasteiger partial charge in [-0.25, -0.2) is 14.4 Å². The summed E-state index contributed by atoms with van der Waals surface area (Å²) >= 11 is 1.46. The van der Waals surface area contributed by atoms with E-state index in [1.165, 1.54) is 11.3 Å². The topological polar surface area (TPSA) is 69.2 Å². The Kier molecular flexibility index (Phi) is 4.60. The van der Waals surface area contributed by atoms with Crippen LogP contribution in [0.5, 0.6) is 5.88 Å². The fraction of sp³-hybridized carbons (Fsp3) is 0.450. The first-order valence-electron chi connectivity index (χ1n) is 9.56. The highest BCUT2D eigenvalue weighted by Crippen LogP contribution is 2.41. The molecule has 0 amide bonds. The number of aromatic nitrogens is 3. The molecule has 2 aromatic heterocycles. The predicted molar refractivity (Wildman–Crippen MR) is 106 cm³/mol. The van der Waals surface area contributed by atoms with Crippen molar-refractivity contribution in [2.24, 2.45) is 0 Å². The maximum Gasteiger partial charge on any atom is 0.236 e. The van der Waals surface area contributed by atoms with Gasteiger partial charge in [0.25, 0.3) is 0 Å². The van der Waals surface area contributed by atoms with Gasteiger partial charge in [-0.2, -0.15) is 0 Å². The summed E-state index contributed by atoms with van der Waals surface area (Å²) in [6, 6.07) is 7.81. The van der Waals surface area contributed by atoms with Crippen molar-refractivity contribution in [3.8, 4) is 5.88 Å². The van der Waals surface area contributed by atoms with Crippen LogP contribution in [-0.2, 0) is 4.74 Å². The van der Waals surface area contributed by atoms with Crippen LogP contribution in [0.2, 0.25) is 0 Å². The standard InChI is InChI=1S/C20H21FN4O2S/c21-20(25-19-24-15-3-1-2-4-16(15)28-19)11-14(12-20)27-18-17(22-7-8-23-18)13-5-9-26-10-6-13/h1-4,7-8,13-14H,5-6,9-12H2,(H,24,25). The monoisotopic (exact) mass is 400 g/mol. The molecule has 1 N–H and O–H groups in total. The highest BCUT2D eigenvalue weighted by atomic mass is 32.1. The minimum atomic E-state index is -1.50. The van der Waals surface area contributed by atoms with Crippen LogP contribution < -0.4 is 10.1 Å². The Hall–Kier alpha value is -2.32. The molecule has 5 rings (SSSR count). The van der Waals surface area contributed by atoms with Gasteiger partial charge in [0.1, 0.15) is 11.8 Å². The third-order valence-corrected chi connectivity index (χ3v) is 6.26. The lowest BCUT2D eigenvalue weighted by atomic mass is 9.86. The first-order valence-corrected chi connectivity index (χ1v) is 10.4. The molecule has 28 heavy (non-hydrogen) atoms. The number of para-hydroxylation sites is 1. The molecule has 1 aliphatic heterocycles. The number of benzene rings is 1. The molecule has 0 bridgehead atoms. The van der Waals surface area contributed by atoms with Crippen LogP contribution in [0.3, 0.4) is 0 Å². The molecule has 0 atom stereocenters. The van der Waals surface area contributed by atoms with Gasteiger partial charge in [-0.15, -0.1) is 0 Å². The molecular weight excluding hydrogens is 379 g/mol. The van der Waals surface area contributed by atoms with E-state index in [1.54, 1.807) is 12.4 Å². The van der Waals surface area contributed by atoms with Crippen molar-refractivity contribution in [1.82, 2.24) is 15.0 Å². The minimum absolute atomic E-state index is 0.220. The van der Waals surface area contributed by atoms with Crippen LogP contribution in [0.25, 0.3) is 10.2 Å². The lowest BCUT2D eigenvalue weighted by Crippen LogP contribution is -2.52. The number of hydrogen-bond acceptors (Lipinski definition) is 7. The quantitative estimate of drug-likeness (QED) is 0.644. The lowest BCUT2D eigenvalue weighted by Gasteiger charge is -2.41. The fourth-order valence-corrected chi connectivity index (χ4v) is 4.75. The van der Waals surface area contributed by atoms with Crippen LogP contribution in [0.4, 0.5) is 9.52 Å². The Morgan fingerprint density at radius 1 is 1.14 bits per heavy atom. The van der Waals surface area contributed by atoms with Gasteiger partial charge in [-0.05, 0) is 25.0 Å². The first-order chi connectivity index (χ1) is 13.7. The van der Waals surface area contributed by atoms with E-state index in [4.69, 9.17) is 9.47 Å². The number of halogens is 1. The normalized spacial score (nSPS) is 25.4. The second kappa shape index (κ2) is 7.25. The maximum absolute atomic E-state index is 15.1. The van der Waals surface area contributed by atoms with Gasteiger partial charge < -0.3 is 14.8 Å². The lowest BCUT2D eigenvalue weighted by molar-refractivity contribution is -0.0259. The van der Waals surface area contributed by atoms with Crippen molar-refractivity contribution in [2.45, 2.75) is 43.5 Å². The molecule has 0 spiro atoms. The molecular formula is C20H21FN4O2S. The van der Waals surface area contributed by atoms with Gasteiger partial charge in [-0.3, -0.25) is 4.98 Å². The largest absolute Gasteiger partial charge is 0.473 e. The average Bonchev–Trinajstić information content (AvgIpc) is 3.10.